The molecule has 0 radical (unpaired) electrons. The molecule has 4 rings (SSSR count). The number of nitrogens with one attached hydrogen (secondary N) is 1. The second-order valence-corrected chi connectivity index (χ2v) is 7.18. The van der Waals surface area contributed by atoms with Crippen molar-refractivity contribution in [3.05, 3.63) is 46.4 Å². The Labute approximate surface area is 150 Å². The number of amides is 1. The number of rotatable bonds is 3. The molecular weight excluding hydrogens is 392 g/mol. The smallest absolute Gasteiger partial charge is 0.230 e. The fraction of sp³-hybridized carbons (Fsp3) is 0.176. The van der Waals surface area contributed by atoms with Gasteiger partial charge < -0.3 is 14.8 Å². The van der Waals surface area contributed by atoms with E-state index in [0.29, 0.717) is 29.8 Å². The molecule has 122 valence electrons. The van der Waals surface area contributed by atoms with Gasteiger partial charge in [-0.2, -0.15) is 0 Å². The van der Waals surface area contributed by atoms with Gasteiger partial charge in [0.2, 0.25) is 5.91 Å². The standard InChI is InChI=1S/C17H13BrN2O3S/c18-11-9-14-13(22-5-6-23-14)7-10(11)8-16(21)20-17-19-12-3-1-2-4-15(12)24-17/h1-4,7,9H,5-6,8H2,(H,19,20,21). The molecule has 0 unspecified atom stereocenters. The van der Waals surface area contributed by atoms with Gasteiger partial charge in [0, 0.05) is 4.47 Å². The van der Waals surface area contributed by atoms with E-state index >= 15 is 0 Å². The molecule has 7 heteroatoms. The zero-order valence-electron chi connectivity index (χ0n) is 12.5. The number of benzene rings is 2. The topological polar surface area (TPSA) is 60.5 Å². The molecule has 3 aromatic rings. The summed E-state index contributed by atoms with van der Waals surface area (Å²) in [5, 5.41) is 3.47. The van der Waals surface area contributed by atoms with E-state index in [-0.39, 0.29) is 12.3 Å². The van der Waals surface area contributed by atoms with Crippen LogP contribution < -0.4 is 14.8 Å². The van der Waals surface area contributed by atoms with Crippen LogP contribution in [0.2, 0.25) is 0 Å². The molecule has 2 heterocycles. The number of thiazole rings is 1. The minimum atomic E-state index is -0.119. The van der Waals surface area contributed by atoms with Gasteiger partial charge in [0.1, 0.15) is 13.2 Å². The van der Waals surface area contributed by atoms with Crippen LogP contribution in [0, 0.1) is 0 Å². The fourth-order valence-electron chi connectivity index (χ4n) is 2.50. The second-order valence-electron chi connectivity index (χ2n) is 5.30. The molecule has 0 fully saturated rings. The number of nitrogens with zero attached hydrogens (tertiary/aromatic N) is 1. The maximum absolute atomic E-state index is 12.3. The highest BCUT2D eigenvalue weighted by atomic mass is 79.9. The molecule has 0 aliphatic carbocycles. The van der Waals surface area contributed by atoms with Crippen molar-refractivity contribution in [3.63, 3.8) is 0 Å². The number of para-hydroxylation sites is 1. The van der Waals surface area contributed by atoms with Crippen molar-refractivity contribution in [3.8, 4) is 11.5 Å². The van der Waals surface area contributed by atoms with Crippen molar-refractivity contribution in [2.45, 2.75) is 6.42 Å². The number of fused-ring (bicyclic) bond motifs is 2. The van der Waals surface area contributed by atoms with E-state index in [9.17, 15) is 4.79 Å². The van der Waals surface area contributed by atoms with Crippen LogP contribution in [0.3, 0.4) is 0 Å². The van der Waals surface area contributed by atoms with Gasteiger partial charge in [0.15, 0.2) is 16.6 Å². The monoisotopic (exact) mass is 404 g/mol. The number of halogens is 1. The van der Waals surface area contributed by atoms with Crippen molar-refractivity contribution in [1.29, 1.82) is 0 Å². The van der Waals surface area contributed by atoms with E-state index < -0.39 is 0 Å². The molecule has 0 bridgehead atoms. The highest BCUT2D eigenvalue weighted by Gasteiger charge is 2.17. The molecule has 1 aliphatic rings. The molecule has 1 aliphatic heterocycles. The molecule has 0 atom stereocenters. The van der Waals surface area contributed by atoms with Gasteiger partial charge in [-0.05, 0) is 29.8 Å². The molecule has 1 aromatic heterocycles. The summed E-state index contributed by atoms with van der Waals surface area (Å²) in [6.07, 6.45) is 0.229. The lowest BCUT2D eigenvalue weighted by atomic mass is 10.1. The Morgan fingerprint density at radius 3 is 2.75 bits per heavy atom. The molecule has 0 spiro atoms. The third kappa shape index (κ3) is 3.09. The first kappa shape index (κ1) is 15.4. The molecule has 1 amide bonds. The summed E-state index contributed by atoms with van der Waals surface area (Å²) in [6.45, 7) is 1.06. The number of hydrogen-bond donors (Lipinski definition) is 1. The quantitative estimate of drug-likeness (QED) is 0.716. The summed E-state index contributed by atoms with van der Waals surface area (Å²) in [6, 6.07) is 11.5. The van der Waals surface area contributed by atoms with Gasteiger partial charge in [0.05, 0.1) is 16.6 Å². The van der Waals surface area contributed by atoms with E-state index in [1.807, 2.05) is 36.4 Å². The second kappa shape index (κ2) is 6.41. The van der Waals surface area contributed by atoms with E-state index in [2.05, 4.69) is 26.2 Å². The lowest BCUT2D eigenvalue weighted by molar-refractivity contribution is -0.115. The minimum absolute atomic E-state index is 0.119. The third-order valence-electron chi connectivity index (χ3n) is 3.60. The van der Waals surface area contributed by atoms with E-state index in [0.717, 1.165) is 20.3 Å². The molecule has 1 N–H and O–H groups in total. The first-order valence-corrected chi connectivity index (χ1v) is 9.03. The van der Waals surface area contributed by atoms with E-state index in [1.54, 1.807) is 0 Å². The minimum Gasteiger partial charge on any atom is -0.486 e. The summed E-state index contributed by atoms with van der Waals surface area (Å²) in [5.41, 5.74) is 1.73. The predicted molar refractivity (Wildman–Crippen MR) is 97.1 cm³/mol. The van der Waals surface area contributed by atoms with Crippen LogP contribution in [0.4, 0.5) is 5.13 Å². The van der Waals surface area contributed by atoms with Gasteiger partial charge in [0.25, 0.3) is 0 Å². The summed E-state index contributed by atoms with van der Waals surface area (Å²) in [4.78, 5) is 16.8. The van der Waals surface area contributed by atoms with Crippen molar-refractivity contribution in [2.24, 2.45) is 0 Å². The Hall–Kier alpha value is -2.12. The Morgan fingerprint density at radius 1 is 1.21 bits per heavy atom. The zero-order chi connectivity index (χ0) is 16.5. The summed E-state index contributed by atoms with van der Waals surface area (Å²) >= 11 is 4.95. The van der Waals surface area contributed by atoms with Crippen LogP contribution in [-0.2, 0) is 11.2 Å². The molecule has 24 heavy (non-hydrogen) atoms. The number of carbonyl (C=O) groups is 1. The lowest BCUT2D eigenvalue weighted by Crippen LogP contribution is -2.17. The van der Waals surface area contributed by atoms with Crippen LogP contribution in [0.1, 0.15) is 5.56 Å². The maximum Gasteiger partial charge on any atom is 0.230 e. The molecule has 2 aromatic carbocycles. The number of anilines is 1. The van der Waals surface area contributed by atoms with Gasteiger partial charge >= 0.3 is 0 Å². The van der Waals surface area contributed by atoms with Crippen LogP contribution in [0.5, 0.6) is 11.5 Å². The van der Waals surface area contributed by atoms with Crippen LogP contribution >= 0.6 is 27.3 Å². The first-order valence-electron chi connectivity index (χ1n) is 7.42. The Morgan fingerprint density at radius 2 is 1.96 bits per heavy atom. The van der Waals surface area contributed by atoms with Crippen LogP contribution in [0.25, 0.3) is 10.2 Å². The Balaban J connectivity index is 1.51. The largest absolute Gasteiger partial charge is 0.486 e. The molecule has 5 nitrogen and oxygen atoms in total. The average Bonchev–Trinajstić information content (AvgIpc) is 2.97. The van der Waals surface area contributed by atoms with Gasteiger partial charge in [-0.15, -0.1) is 0 Å². The first-order chi connectivity index (χ1) is 11.7. The lowest BCUT2D eigenvalue weighted by Gasteiger charge is -2.19. The highest BCUT2D eigenvalue weighted by Crippen LogP contribution is 2.36. The normalized spacial score (nSPS) is 13.0. The van der Waals surface area contributed by atoms with Crippen molar-refractivity contribution in [1.82, 2.24) is 4.98 Å². The molecule has 0 saturated heterocycles. The Bertz CT molecular complexity index is 892. The average molecular weight is 405 g/mol. The van der Waals surface area contributed by atoms with Crippen LogP contribution in [-0.4, -0.2) is 24.1 Å². The molecular formula is C17H13BrN2O3S. The Kier molecular flexibility index (Phi) is 4.12. The van der Waals surface area contributed by atoms with Crippen LogP contribution in [0.15, 0.2) is 40.9 Å². The van der Waals surface area contributed by atoms with Crippen molar-refractivity contribution in [2.75, 3.05) is 18.5 Å². The number of carbonyl (C=O) groups excluding carboxylic acids is 1. The SMILES string of the molecule is O=C(Cc1cc2c(cc1Br)OCCO2)Nc1nc2ccccc2s1. The summed E-state index contributed by atoms with van der Waals surface area (Å²) < 4.78 is 13.0. The van der Waals surface area contributed by atoms with Crippen molar-refractivity contribution < 1.29 is 14.3 Å². The summed E-state index contributed by atoms with van der Waals surface area (Å²) in [5.74, 6) is 1.25. The van der Waals surface area contributed by atoms with Gasteiger partial charge in [-0.25, -0.2) is 4.98 Å². The zero-order valence-corrected chi connectivity index (χ0v) is 14.9. The molecule has 0 saturated carbocycles. The predicted octanol–water partition coefficient (Wildman–Crippen LogP) is 4.01. The highest BCUT2D eigenvalue weighted by molar-refractivity contribution is 9.10. The van der Waals surface area contributed by atoms with Crippen molar-refractivity contribution >= 4 is 48.5 Å². The fourth-order valence-corrected chi connectivity index (χ4v) is 3.85. The number of hydrogen-bond acceptors (Lipinski definition) is 5. The van der Waals surface area contributed by atoms with Gasteiger partial charge in [-0.3, -0.25) is 4.79 Å². The number of aromatic nitrogens is 1. The summed E-state index contributed by atoms with van der Waals surface area (Å²) in [7, 11) is 0. The van der Waals surface area contributed by atoms with E-state index in [1.165, 1.54) is 11.3 Å². The maximum atomic E-state index is 12.3. The third-order valence-corrected chi connectivity index (χ3v) is 5.29. The number of ether oxygens (including phenoxy) is 2. The van der Waals surface area contributed by atoms with Gasteiger partial charge in [-0.1, -0.05) is 39.4 Å². The van der Waals surface area contributed by atoms with E-state index in [4.69, 9.17) is 9.47 Å².